The molecule has 0 radical (unpaired) electrons. The van der Waals surface area contributed by atoms with Gasteiger partial charge in [-0.05, 0) is 0 Å². The number of rotatable bonds is 5. The van der Waals surface area contributed by atoms with Crippen molar-refractivity contribution < 1.29 is 79.5 Å². The summed E-state index contributed by atoms with van der Waals surface area (Å²) in [5.41, 5.74) is 0. The van der Waals surface area contributed by atoms with Gasteiger partial charge in [0.15, 0.2) is 18.9 Å². The highest BCUT2D eigenvalue weighted by atomic mass is 16.7. The third kappa shape index (κ3) is 6.27. The van der Waals surface area contributed by atoms with E-state index < -0.39 is 112 Å². The van der Waals surface area contributed by atoms with Crippen LogP contribution >= 0.6 is 0 Å². The first-order valence-corrected chi connectivity index (χ1v) is 11.0. The van der Waals surface area contributed by atoms with E-state index in [0.29, 0.717) is 0 Å². The van der Waals surface area contributed by atoms with Gasteiger partial charge < -0.3 is 79.5 Å². The van der Waals surface area contributed by atoms with Crippen LogP contribution in [0.25, 0.3) is 0 Å². The van der Waals surface area contributed by atoms with Gasteiger partial charge in [0.05, 0.1) is 19.8 Å². The summed E-state index contributed by atoms with van der Waals surface area (Å²) < 4.78 is 31.6. The standard InChI is InChI=1S/C19H34O16/c1-30-17-14(27)12(25)9(22)6(3-32-17)35-19-16(29)13(26)10(23)7(4-33-19)34-18-15(28)11(24)8(21)5(20)2-31-18/h5-29H,2-4H2,1H3/t5-,6?,7-,8-,9-,10-,11+,12+,13?,14+,15+,16+,17+,18-,19-/m1/s1. The van der Waals surface area contributed by atoms with Gasteiger partial charge in [0.25, 0.3) is 0 Å². The van der Waals surface area contributed by atoms with Gasteiger partial charge in [0.2, 0.25) is 0 Å². The lowest BCUT2D eigenvalue weighted by Gasteiger charge is -2.31. The molecule has 35 heavy (non-hydrogen) atoms. The van der Waals surface area contributed by atoms with Crippen LogP contribution in [0, 0.1) is 0 Å². The Morgan fingerprint density at radius 1 is 0.457 bits per heavy atom. The molecule has 0 saturated carbocycles. The van der Waals surface area contributed by atoms with Crippen LogP contribution in [-0.2, 0) is 28.4 Å². The Morgan fingerprint density at radius 3 is 1.29 bits per heavy atom. The number of aliphatic hydroxyl groups excluding tert-OH is 10. The van der Waals surface area contributed by atoms with Gasteiger partial charge in [0, 0.05) is 7.11 Å². The third-order valence-corrected chi connectivity index (χ3v) is 6.22. The second-order valence-electron chi connectivity index (χ2n) is 8.67. The number of aliphatic hydroxyl groups is 10. The van der Waals surface area contributed by atoms with Gasteiger partial charge in [-0.25, -0.2) is 0 Å². The van der Waals surface area contributed by atoms with Crippen molar-refractivity contribution in [2.75, 3.05) is 26.9 Å². The van der Waals surface area contributed by atoms with Crippen molar-refractivity contribution in [1.29, 1.82) is 0 Å². The van der Waals surface area contributed by atoms with Crippen LogP contribution in [0.2, 0.25) is 0 Å². The lowest BCUT2D eigenvalue weighted by atomic mass is 10.0. The van der Waals surface area contributed by atoms with Crippen LogP contribution in [0.1, 0.15) is 0 Å². The fraction of sp³-hybridized carbons (Fsp3) is 1.00. The molecular weight excluding hydrogens is 484 g/mol. The molecule has 0 aromatic rings. The number of hydrogen-bond acceptors (Lipinski definition) is 16. The topological polar surface area (TPSA) is 258 Å². The Bertz CT molecular complexity index is 656. The molecule has 16 heteroatoms. The predicted octanol–water partition coefficient (Wildman–Crippen LogP) is -6.92. The Labute approximate surface area is 199 Å². The van der Waals surface area contributed by atoms with E-state index in [9.17, 15) is 51.1 Å². The van der Waals surface area contributed by atoms with Crippen molar-refractivity contribution >= 4 is 0 Å². The maximum absolute atomic E-state index is 10.5. The summed E-state index contributed by atoms with van der Waals surface area (Å²) in [6.07, 6.45) is -25.2. The van der Waals surface area contributed by atoms with E-state index >= 15 is 0 Å². The van der Waals surface area contributed by atoms with E-state index in [1.807, 2.05) is 0 Å². The second-order valence-corrected chi connectivity index (χ2v) is 8.67. The van der Waals surface area contributed by atoms with Crippen molar-refractivity contribution in [2.45, 2.75) is 92.1 Å². The van der Waals surface area contributed by atoms with Crippen LogP contribution in [-0.4, -0.2) is 170 Å². The first-order chi connectivity index (χ1) is 16.5. The summed E-state index contributed by atoms with van der Waals surface area (Å²) in [6, 6.07) is 0. The molecule has 3 aliphatic heterocycles. The van der Waals surface area contributed by atoms with Crippen molar-refractivity contribution in [3.63, 3.8) is 0 Å². The summed E-state index contributed by atoms with van der Waals surface area (Å²) in [4.78, 5) is 0. The van der Waals surface area contributed by atoms with Crippen LogP contribution < -0.4 is 0 Å². The highest BCUT2D eigenvalue weighted by Gasteiger charge is 2.48. The van der Waals surface area contributed by atoms with E-state index in [-0.39, 0.29) is 0 Å². The summed E-state index contributed by atoms with van der Waals surface area (Å²) in [7, 11) is 1.21. The van der Waals surface area contributed by atoms with Gasteiger partial charge in [-0.15, -0.1) is 0 Å². The fourth-order valence-corrected chi connectivity index (χ4v) is 3.95. The van der Waals surface area contributed by atoms with Crippen molar-refractivity contribution in [3.05, 3.63) is 0 Å². The summed E-state index contributed by atoms with van der Waals surface area (Å²) in [5.74, 6) is 0. The van der Waals surface area contributed by atoms with E-state index in [4.69, 9.17) is 28.4 Å². The minimum atomic E-state index is -1.94. The highest BCUT2D eigenvalue weighted by Crippen LogP contribution is 2.26. The quantitative estimate of drug-likeness (QED) is 0.162. The molecule has 3 heterocycles. The van der Waals surface area contributed by atoms with E-state index in [2.05, 4.69) is 0 Å². The molecule has 3 saturated heterocycles. The van der Waals surface area contributed by atoms with Crippen LogP contribution in [0.5, 0.6) is 0 Å². The predicted molar refractivity (Wildman–Crippen MR) is 106 cm³/mol. The highest BCUT2D eigenvalue weighted by molar-refractivity contribution is 4.92. The van der Waals surface area contributed by atoms with Gasteiger partial charge in [-0.1, -0.05) is 0 Å². The summed E-state index contributed by atoms with van der Waals surface area (Å²) in [5, 5.41) is 101. The van der Waals surface area contributed by atoms with Crippen molar-refractivity contribution in [1.82, 2.24) is 0 Å². The van der Waals surface area contributed by atoms with Crippen molar-refractivity contribution in [3.8, 4) is 0 Å². The maximum atomic E-state index is 10.5. The molecule has 3 aliphatic rings. The third-order valence-electron chi connectivity index (χ3n) is 6.22. The number of methoxy groups -OCH3 is 1. The van der Waals surface area contributed by atoms with Gasteiger partial charge in [-0.3, -0.25) is 0 Å². The molecule has 15 atom stereocenters. The molecule has 0 amide bonds. The fourth-order valence-electron chi connectivity index (χ4n) is 3.95. The second kappa shape index (κ2) is 12.3. The minimum Gasteiger partial charge on any atom is -0.388 e. The van der Waals surface area contributed by atoms with Crippen LogP contribution in [0.4, 0.5) is 0 Å². The lowest BCUT2D eigenvalue weighted by molar-refractivity contribution is -0.264. The average molecular weight is 518 g/mol. The zero-order valence-electron chi connectivity index (χ0n) is 18.7. The zero-order chi connectivity index (χ0) is 26.0. The van der Waals surface area contributed by atoms with E-state index in [1.165, 1.54) is 7.11 Å². The first kappa shape index (κ1) is 28.9. The molecule has 16 nitrogen and oxygen atoms in total. The molecule has 0 spiro atoms. The molecule has 0 bridgehead atoms. The SMILES string of the molecule is CO[C@H]1OCC(O[C@H]2OC[C@@H](O[C@H]3OC[C@@H](O)[C@@H](O)[C@H](O)[C@@H]3O)[C@@H](O)C(O)[C@@H]2O)[C@@H](O)[C@H](O)[C@@H]1O. The molecule has 3 fully saturated rings. The normalized spacial score (nSPS) is 52.4. The monoisotopic (exact) mass is 518 g/mol. The number of ether oxygens (including phenoxy) is 6. The molecule has 0 aliphatic carbocycles. The smallest absolute Gasteiger partial charge is 0.186 e. The Kier molecular flexibility index (Phi) is 10.1. The van der Waals surface area contributed by atoms with E-state index in [0.717, 1.165) is 0 Å². The molecule has 206 valence electrons. The minimum absolute atomic E-state index is 0.413. The first-order valence-electron chi connectivity index (χ1n) is 11.0. The number of hydrogen-bond donors (Lipinski definition) is 10. The zero-order valence-corrected chi connectivity index (χ0v) is 18.7. The van der Waals surface area contributed by atoms with Gasteiger partial charge in [0.1, 0.15) is 73.2 Å². The van der Waals surface area contributed by atoms with Gasteiger partial charge in [-0.2, -0.15) is 0 Å². The Morgan fingerprint density at radius 2 is 0.829 bits per heavy atom. The Balaban J connectivity index is 1.68. The molecule has 0 aromatic heterocycles. The lowest BCUT2D eigenvalue weighted by Crippen LogP contribution is -2.52. The molecule has 0 aromatic carbocycles. The molecule has 2 unspecified atom stereocenters. The molecule has 3 rings (SSSR count). The van der Waals surface area contributed by atoms with Gasteiger partial charge >= 0.3 is 0 Å². The largest absolute Gasteiger partial charge is 0.388 e. The summed E-state index contributed by atoms with van der Waals surface area (Å²) >= 11 is 0. The molecule has 10 N–H and O–H groups in total. The maximum Gasteiger partial charge on any atom is 0.186 e. The Hall–Kier alpha value is -0.640. The van der Waals surface area contributed by atoms with E-state index in [1.54, 1.807) is 0 Å². The van der Waals surface area contributed by atoms with Crippen LogP contribution in [0.15, 0.2) is 0 Å². The van der Waals surface area contributed by atoms with Crippen LogP contribution in [0.3, 0.4) is 0 Å². The van der Waals surface area contributed by atoms with Crippen molar-refractivity contribution in [2.24, 2.45) is 0 Å². The molecular formula is C19H34O16. The average Bonchev–Trinajstić information content (AvgIpc) is 3.06. The summed E-state index contributed by atoms with van der Waals surface area (Å²) in [6.45, 7) is -1.51.